The van der Waals surface area contributed by atoms with Crippen LogP contribution in [0.3, 0.4) is 0 Å². The van der Waals surface area contributed by atoms with Gasteiger partial charge < -0.3 is 9.47 Å². The third-order valence-corrected chi connectivity index (χ3v) is 12.8. The summed E-state index contributed by atoms with van der Waals surface area (Å²) in [4.78, 5) is 2.47. The number of benzene rings is 8. The summed E-state index contributed by atoms with van der Waals surface area (Å²) in [6.07, 6.45) is 0. The van der Waals surface area contributed by atoms with Crippen LogP contribution in [0.5, 0.6) is 0 Å². The quantitative estimate of drug-likeness (QED) is 0.173. The molecule has 54 heavy (non-hydrogen) atoms. The molecule has 0 radical (unpaired) electrons. The Bertz CT molecular complexity index is 3020. The molecule has 0 fully saturated rings. The highest BCUT2D eigenvalue weighted by Crippen LogP contribution is 2.52. The largest absolute Gasteiger partial charge is 0.309 e. The van der Waals surface area contributed by atoms with Gasteiger partial charge in [-0.3, -0.25) is 0 Å². The number of anilines is 3. The molecule has 0 spiro atoms. The van der Waals surface area contributed by atoms with E-state index >= 15 is 0 Å². The van der Waals surface area contributed by atoms with Crippen LogP contribution >= 0.6 is 11.3 Å². The lowest BCUT2D eigenvalue weighted by molar-refractivity contribution is 0.660. The first kappa shape index (κ1) is 31.1. The Hall–Kier alpha value is -6.42. The fourth-order valence-electron chi connectivity index (χ4n) is 8.98. The summed E-state index contributed by atoms with van der Waals surface area (Å²) in [5, 5.41) is 5.11. The molecular weight excluding hydrogens is 673 g/mol. The maximum atomic E-state index is 2.47. The fourth-order valence-corrected chi connectivity index (χ4v) is 10.2. The summed E-state index contributed by atoms with van der Waals surface area (Å²) in [5.41, 5.74) is 14.9. The number of thiophene rings is 1. The van der Waals surface area contributed by atoms with Crippen LogP contribution in [-0.2, 0) is 5.41 Å². The van der Waals surface area contributed by atoms with Crippen molar-refractivity contribution in [3.63, 3.8) is 0 Å². The van der Waals surface area contributed by atoms with E-state index in [9.17, 15) is 0 Å². The number of nitrogens with zero attached hydrogens (tertiary/aromatic N) is 2. The number of hydrogen-bond acceptors (Lipinski definition) is 2. The maximum Gasteiger partial charge on any atom is 0.0640 e. The van der Waals surface area contributed by atoms with E-state index in [1.807, 2.05) is 11.3 Å². The molecule has 2 nitrogen and oxygen atoms in total. The lowest BCUT2D eigenvalue weighted by atomic mass is 9.82. The molecule has 2 aromatic heterocycles. The zero-order valence-corrected chi connectivity index (χ0v) is 30.9. The van der Waals surface area contributed by atoms with Gasteiger partial charge in [-0.2, -0.15) is 0 Å². The van der Waals surface area contributed by atoms with Gasteiger partial charge in [0.05, 0.1) is 21.4 Å². The molecule has 3 heteroatoms. The predicted molar refractivity (Wildman–Crippen MR) is 231 cm³/mol. The molecule has 1 aliphatic rings. The van der Waals surface area contributed by atoms with Crippen molar-refractivity contribution in [2.75, 3.05) is 4.90 Å². The number of aromatic nitrogens is 1. The summed E-state index contributed by atoms with van der Waals surface area (Å²) >= 11 is 1.88. The van der Waals surface area contributed by atoms with Gasteiger partial charge in [0, 0.05) is 48.7 Å². The Morgan fingerprint density at radius 3 is 1.87 bits per heavy atom. The van der Waals surface area contributed by atoms with Crippen molar-refractivity contribution in [3.8, 4) is 27.9 Å². The Balaban J connectivity index is 1.11. The van der Waals surface area contributed by atoms with Crippen LogP contribution < -0.4 is 4.90 Å². The van der Waals surface area contributed by atoms with Gasteiger partial charge in [-0.25, -0.2) is 0 Å². The van der Waals surface area contributed by atoms with E-state index in [1.165, 1.54) is 86.7 Å². The SMILES string of the molecule is CC1(C)c2ccccc2-c2ccc(N(c3ccc(-c4ccccc4)cc3)c3cccc4c3sc3ccc(-n5c6ccccc6c6ccccc65)cc34)cc21. The molecule has 0 aliphatic heterocycles. The van der Waals surface area contributed by atoms with Crippen molar-refractivity contribution in [1.29, 1.82) is 0 Å². The minimum absolute atomic E-state index is 0.0996. The predicted octanol–water partition coefficient (Wildman–Crippen LogP) is 14.6. The number of hydrogen-bond donors (Lipinski definition) is 0. The monoisotopic (exact) mass is 708 g/mol. The average Bonchev–Trinajstić information content (AvgIpc) is 3.84. The maximum absolute atomic E-state index is 2.47. The van der Waals surface area contributed by atoms with Crippen molar-refractivity contribution < 1.29 is 0 Å². The second kappa shape index (κ2) is 11.8. The zero-order valence-electron chi connectivity index (χ0n) is 30.1. The highest BCUT2D eigenvalue weighted by molar-refractivity contribution is 7.26. The first-order valence-corrected chi connectivity index (χ1v) is 19.5. The molecule has 0 bridgehead atoms. The van der Waals surface area contributed by atoms with Crippen LogP contribution in [0.15, 0.2) is 182 Å². The van der Waals surface area contributed by atoms with Crippen molar-refractivity contribution in [2.24, 2.45) is 0 Å². The second-order valence-corrected chi connectivity index (χ2v) is 16.0. The van der Waals surface area contributed by atoms with Crippen LogP contribution in [0.25, 0.3) is 69.9 Å². The van der Waals surface area contributed by atoms with Gasteiger partial charge in [-0.1, -0.05) is 135 Å². The number of fused-ring (bicyclic) bond motifs is 9. The summed E-state index contributed by atoms with van der Waals surface area (Å²) in [7, 11) is 0. The van der Waals surface area contributed by atoms with E-state index in [4.69, 9.17) is 0 Å². The Labute approximate surface area is 318 Å². The average molecular weight is 709 g/mol. The van der Waals surface area contributed by atoms with E-state index in [-0.39, 0.29) is 5.41 Å². The first-order chi connectivity index (χ1) is 26.5. The third-order valence-electron chi connectivity index (χ3n) is 11.6. The Morgan fingerprint density at radius 1 is 0.463 bits per heavy atom. The fraction of sp³-hybridized carbons (Fsp3) is 0.0588. The van der Waals surface area contributed by atoms with Gasteiger partial charge >= 0.3 is 0 Å². The van der Waals surface area contributed by atoms with E-state index in [2.05, 4.69) is 205 Å². The molecule has 0 unspecified atom stereocenters. The molecule has 10 aromatic rings. The smallest absolute Gasteiger partial charge is 0.0640 e. The molecular formula is C51H36N2S. The van der Waals surface area contributed by atoms with Gasteiger partial charge in [-0.15, -0.1) is 11.3 Å². The summed E-state index contributed by atoms with van der Waals surface area (Å²) in [6, 6.07) is 67.0. The molecule has 0 saturated heterocycles. The van der Waals surface area contributed by atoms with Crippen LogP contribution in [0.1, 0.15) is 25.0 Å². The molecule has 2 heterocycles. The van der Waals surface area contributed by atoms with E-state index in [0.717, 1.165) is 11.4 Å². The Morgan fingerprint density at radius 2 is 1.09 bits per heavy atom. The van der Waals surface area contributed by atoms with Crippen LogP contribution in [0.2, 0.25) is 0 Å². The lowest BCUT2D eigenvalue weighted by Crippen LogP contribution is -2.16. The normalized spacial score (nSPS) is 13.1. The lowest BCUT2D eigenvalue weighted by Gasteiger charge is -2.28. The minimum atomic E-state index is -0.0996. The van der Waals surface area contributed by atoms with Crippen molar-refractivity contribution >= 4 is 70.4 Å². The minimum Gasteiger partial charge on any atom is -0.309 e. The summed E-state index contributed by atoms with van der Waals surface area (Å²) in [5.74, 6) is 0. The Kier molecular flexibility index (Phi) is 6.80. The highest BCUT2D eigenvalue weighted by Gasteiger charge is 2.36. The van der Waals surface area contributed by atoms with Crippen molar-refractivity contribution in [1.82, 2.24) is 4.57 Å². The zero-order chi connectivity index (χ0) is 36.0. The standard InChI is InChI=1S/C51H36N2S/c1-51(2)44-19-9-6-15-38(44)39-29-27-37(32-45(39)51)52(35-25-23-34(24-26-35)33-13-4-3-5-14-33)48-22-12-18-42-43-31-36(28-30-49(43)54-50(42)48)53-46-20-10-7-16-40(46)41-17-8-11-21-47(41)53/h3-32H,1-2H3. The molecule has 0 N–H and O–H groups in total. The molecule has 11 rings (SSSR count). The molecule has 0 atom stereocenters. The number of rotatable bonds is 5. The van der Waals surface area contributed by atoms with Gasteiger partial charge in [-0.05, 0) is 94.0 Å². The van der Waals surface area contributed by atoms with Gasteiger partial charge in [0.25, 0.3) is 0 Å². The third kappa shape index (κ3) is 4.58. The number of para-hydroxylation sites is 2. The van der Waals surface area contributed by atoms with Gasteiger partial charge in [0.1, 0.15) is 0 Å². The molecule has 0 amide bonds. The molecule has 256 valence electrons. The van der Waals surface area contributed by atoms with Crippen LogP contribution in [0.4, 0.5) is 17.1 Å². The molecule has 1 aliphatic carbocycles. The first-order valence-electron chi connectivity index (χ1n) is 18.7. The van der Waals surface area contributed by atoms with Gasteiger partial charge in [0.2, 0.25) is 0 Å². The molecule has 0 saturated carbocycles. The molecule has 8 aromatic carbocycles. The van der Waals surface area contributed by atoms with Crippen molar-refractivity contribution in [3.05, 3.63) is 193 Å². The summed E-state index contributed by atoms with van der Waals surface area (Å²) in [6.45, 7) is 4.73. The van der Waals surface area contributed by atoms with Crippen LogP contribution in [-0.4, -0.2) is 4.57 Å². The van der Waals surface area contributed by atoms with E-state index in [0.29, 0.717) is 0 Å². The van der Waals surface area contributed by atoms with Crippen LogP contribution in [0, 0.1) is 0 Å². The second-order valence-electron chi connectivity index (χ2n) is 15.0. The van der Waals surface area contributed by atoms with E-state index < -0.39 is 0 Å². The van der Waals surface area contributed by atoms with Gasteiger partial charge in [0.15, 0.2) is 0 Å². The van der Waals surface area contributed by atoms with E-state index in [1.54, 1.807) is 0 Å². The summed E-state index contributed by atoms with van der Waals surface area (Å²) < 4.78 is 4.98. The topological polar surface area (TPSA) is 8.17 Å². The van der Waals surface area contributed by atoms with Crippen molar-refractivity contribution in [2.45, 2.75) is 19.3 Å². The highest BCUT2D eigenvalue weighted by atomic mass is 32.1.